The molecule has 6 rings (SSSR count). The molecule has 2 N–H and O–H groups in total. The van der Waals surface area contributed by atoms with Gasteiger partial charge in [-0.3, -0.25) is 24.1 Å². The van der Waals surface area contributed by atoms with Crippen molar-refractivity contribution in [2.75, 3.05) is 18.3 Å². The predicted molar refractivity (Wildman–Crippen MR) is 162 cm³/mol. The number of hydrogen-bond donors (Lipinski definition) is 2. The Morgan fingerprint density at radius 1 is 1.02 bits per heavy atom. The van der Waals surface area contributed by atoms with Gasteiger partial charge in [-0.05, 0) is 54.7 Å². The second-order valence-corrected chi connectivity index (χ2v) is 11.8. The molecule has 0 aromatic heterocycles. The maximum atomic E-state index is 14.4. The van der Waals surface area contributed by atoms with Crippen molar-refractivity contribution < 1.29 is 61.2 Å². The van der Waals surface area contributed by atoms with Crippen LogP contribution < -0.4 is 29.2 Å². The zero-order valence-corrected chi connectivity index (χ0v) is 25.9. The number of Topliss-reactive ketones (excluding diaryl/α,β-unsaturated/α-hetero) is 2. The van der Waals surface area contributed by atoms with Crippen LogP contribution in [0, 0.1) is 30.3 Å². The quantitative estimate of drug-likeness (QED) is 0.281. The Bertz CT molecular complexity index is 1860. The number of ether oxygens (including phenoxy) is 4. The first-order chi connectivity index (χ1) is 23.4. The molecule has 0 radical (unpaired) electrons. The van der Waals surface area contributed by atoms with Crippen molar-refractivity contribution in [2.45, 2.75) is 51.1 Å². The van der Waals surface area contributed by atoms with Crippen LogP contribution in [0.3, 0.4) is 0 Å². The number of rotatable bonds is 11. The van der Waals surface area contributed by atoms with Crippen LogP contribution in [0.5, 0.6) is 23.0 Å². The van der Waals surface area contributed by atoms with E-state index in [2.05, 4.69) is 5.32 Å². The van der Waals surface area contributed by atoms with Crippen LogP contribution in [0.15, 0.2) is 42.5 Å². The fourth-order valence-electron chi connectivity index (χ4n) is 6.22. The number of carboxylic acid groups (broad SMARTS) is 1. The van der Waals surface area contributed by atoms with E-state index >= 15 is 0 Å². The third kappa shape index (κ3) is 6.73. The number of carboxylic acids is 1. The van der Waals surface area contributed by atoms with E-state index in [9.17, 15) is 42.3 Å². The maximum absolute atomic E-state index is 14.4. The third-order valence-corrected chi connectivity index (χ3v) is 8.61. The lowest BCUT2D eigenvalue weighted by molar-refractivity contribution is -0.142. The molecule has 1 unspecified atom stereocenters. The molecule has 3 atom stereocenters. The Labute approximate surface area is 276 Å². The van der Waals surface area contributed by atoms with Crippen LogP contribution in [0.4, 0.5) is 23.7 Å². The number of fused-ring (bicyclic) bond motifs is 1. The highest BCUT2D eigenvalue weighted by atomic mass is 19.2. The second kappa shape index (κ2) is 13.5. The number of aryl methyl sites for hydroxylation is 2. The summed E-state index contributed by atoms with van der Waals surface area (Å²) >= 11 is 0. The van der Waals surface area contributed by atoms with Gasteiger partial charge in [0.2, 0.25) is 18.5 Å². The largest absolute Gasteiger partial charge is 0.481 e. The van der Waals surface area contributed by atoms with E-state index in [-0.39, 0.29) is 30.9 Å². The van der Waals surface area contributed by atoms with Crippen LogP contribution in [0.1, 0.15) is 36.0 Å². The summed E-state index contributed by atoms with van der Waals surface area (Å²) in [7, 11) is 0. The number of hydrogen-bond acceptors (Lipinski definition) is 9. The van der Waals surface area contributed by atoms with Crippen LogP contribution >= 0.6 is 0 Å². The Morgan fingerprint density at radius 2 is 1.78 bits per heavy atom. The standard InChI is InChI=1S/C34H29F3N2O10/c1-16-9-21(35)30(37)32(29(16)36)46-14-25(41)19(12-28(42)43)11-24(40)23-10-18-4-2-3-17-5-7-22(33(44)39(23)31(17)18)38-34(45)49-20-6-8-26-27(13-20)48-15-47-26/h2-4,6,8-9,13,19,22-23H,5,7,10-12,14-15H2,1H3,(H,38,45)(H,42,43)/t19?,22-,23-/m0/s1. The lowest BCUT2D eigenvalue weighted by Gasteiger charge is -2.28. The topological polar surface area (TPSA) is 158 Å². The van der Waals surface area contributed by atoms with Gasteiger partial charge in [-0.2, -0.15) is 4.39 Å². The molecule has 0 spiro atoms. The SMILES string of the molecule is Cc1cc(F)c(F)c(OCC(=O)C(CC(=O)O)CC(=O)[C@@H]2Cc3cccc4c3N2C(=O)[C@@H](NC(=O)Oc2ccc3c(c2)OCO3)CC4)c1F. The van der Waals surface area contributed by atoms with Crippen LogP contribution in [0.2, 0.25) is 0 Å². The summed E-state index contributed by atoms with van der Waals surface area (Å²) in [5.41, 5.74) is 1.63. The fourth-order valence-corrected chi connectivity index (χ4v) is 6.22. The lowest BCUT2D eigenvalue weighted by Crippen LogP contribution is -2.53. The van der Waals surface area contributed by atoms with Gasteiger partial charge in [0.1, 0.15) is 18.4 Å². The number of ketones is 2. The molecular formula is C34H29F3N2O10. The van der Waals surface area contributed by atoms with Crippen LogP contribution in [0.25, 0.3) is 0 Å². The van der Waals surface area contributed by atoms with Crippen LogP contribution in [-0.4, -0.2) is 60.1 Å². The highest BCUT2D eigenvalue weighted by molar-refractivity contribution is 6.08. The molecule has 3 aliphatic rings. The summed E-state index contributed by atoms with van der Waals surface area (Å²) in [5, 5.41) is 12.1. The molecule has 0 saturated heterocycles. The highest BCUT2D eigenvalue weighted by Crippen LogP contribution is 2.40. The summed E-state index contributed by atoms with van der Waals surface area (Å²) < 4.78 is 63.4. The highest BCUT2D eigenvalue weighted by Gasteiger charge is 2.45. The molecule has 0 fully saturated rings. The van der Waals surface area contributed by atoms with Crippen molar-refractivity contribution in [3.05, 3.63) is 76.6 Å². The van der Waals surface area contributed by atoms with Gasteiger partial charge in [-0.15, -0.1) is 0 Å². The van der Waals surface area contributed by atoms with Crippen molar-refractivity contribution in [1.82, 2.24) is 5.32 Å². The Kier molecular flexibility index (Phi) is 9.17. The Balaban J connectivity index is 1.18. The molecule has 0 aliphatic carbocycles. The molecule has 3 aromatic carbocycles. The molecule has 256 valence electrons. The fraction of sp³-hybridized carbons (Fsp3) is 0.324. The molecule has 3 aliphatic heterocycles. The summed E-state index contributed by atoms with van der Waals surface area (Å²) in [6, 6.07) is 8.17. The predicted octanol–water partition coefficient (Wildman–Crippen LogP) is 4.20. The number of halogens is 3. The van der Waals surface area contributed by atoms with Gasteiger partial charge < -0.3 is 29.4 Å². The van der Waals surface area contributed by atoms with E-state index in [1.165, 1.54) is 17.0 Å². The minimum absolute atomic E-state index is 0.0212. The number of carbonyl (C=O) groups excluding carboxylic acids is 4. The van der Waals surface area contributed by atoms with Gasteiger partial charge in [-0.1, -0.05) is 18.2 Å². The number of nitrogens with zero attached hydrogens (tertiary/aromatic N) is 1. The van der Waals surface area contributed by atoms with Gasteiger partial charge in [0.15, 0.2) is 40.4 Å². The number of nitrogens with one attached hydrogen (secondary N) is 1. The molecular weight excluding hydrogens is 653 g/mol. The zero-order valence-electron chi connectivity index (χ0n) is 25.9. The van der Waals surface area contributed by atoms with Crippen molar-refractivity contribution >= 4 is 35.2 Å². The van der Waals surface area contributed by atoms with Gasteiger partial charge in [0.05, 0.1) is 18.2 Å². The Hall–Kier alpha value is -5.60. The summed E-state index contributed by atoms with van der Waals surface area (Å²) in [4.78, 5) is 66.7. The third-order valence-electron chi connectivity index (χ3n) is 8.61. The van der Waals surface area contributed by atoms with Gasteiger partial charge in [0, 0.05) is 24.8 Å². The molecule has 3 aromatic rings. The average Bonchev–Trinajstić information content (AvgIpc) is 3.66. The normalized spacial score (nSPS) is 18.0. The molecule has 2 amide bonds. The summed E-state index contributed by atoms with van der Waals surface area (Å²) in [5.74, 6) is -9.62. The number of amides is 2. The van der Waals surface area contributed by atoms with E-state index in [1.54, 1.807) is 24.3 Å². The smallest absolute Gasteiger partial charge is 0.413 e. The average molecular weight is 683 g/mol. The van der Waals surface area contributed by atoms with E-state index in [0.29, 0.717) is 35.2 Å². The first kappa shape index (κ1) is 33.3. The van der Waals surface area contributed by atoms with E-state index in [4.69, 9.17) is 18.9 Å². The van der Waals surface area contributed by atoms with Crippen LogP contribution in [-0.2, 0) is 32.0 Å². The van der Waals surface area contributed by atoms with E-state index < -0.39 is 90.2 Å². The molecule has 12 nitrogen and oxygen atoms in total. The summed E-state index contributed by atoms with van der Waals surface area (Å²) in [6.07, 6.45) is -1.80. The van der Waals surface area contributed by atoms with Crippen molar-refractivity contribution in [3.63, 3.8) is 0 Å². The first-order valence-corrected chi connectivity index (χ1v) is 15.3. The number of para-hydroxylation sites is 1. The van der Waals surface area contributed by atoms with Crippen molar-refractivity contribution in [1.29, 1.82) is 0 Å². The molecule has 3 heterocycles. The first-order valence-electron chi connectivity index (χ1n) is 15.3. The second-order valence-electron chi connectivity index (χ2n) is 11.8. The van der Waals surface area contributed by atoms with E-state index in [0.717, 1.165) is 12.5 Å². The van der Waals surface area contributed by atoms with Gasteiger partial charge in [-0.25, -0.2) is 13.6 Å². The molecule has 49 heavy (non-hydrogen) atoms. The lowest BCUT2D eigenvalue weighted by atomic mass is 9.90. The minimum atomic E-state index is -1.66. The molecule has 0 saturated carbocycles. The van der Waals surface area contributed by atoms with Crippen molar-refractivity contribution in [2.24, 2.45) is 5.92 Å². The van der Waals surface area contributed by atoms with Crippen molar-refractivity contribution in [3.8, 4) is 23.0 Å². The molecule has 0 bridgehead atoms. The van der Waals surface area contributed by atoms with Gasteiger partial charge >= 0.3 is 12.1 Å². The van der Waals surface area contributed by atoms with E-state index in [1.807, 2.05) is 0 Å². The number of aliphatic carboxylic acids is 1. The maximum Gasteiger partial charge on any atom is 0.413 e. The number of carbonyl (C=O) groups is 5. The zero-order chi connectivity index (χ0) is 35.0. The molecule has 15 heteroatoms. The minimum Gasteiger partial charge on any atom is -0.481 e. The van der Waals surface area contributed by atoms with Gasteiger partial charge in [0.25, 0.3) is 0 Å². The Morgan fingerprint density at radius 3 is 2.55 bits per heavy atom. The number of anilines is 1. The summed E-state index contributed by atoms with van der Waals surface area (Å²) in [6.45, 7) is 0.139. The number of benzene rings is 3. The monoisotopic (exact) mass is 682 g/mol.